The summed E-state index contributed by atoms with van der Waals surface area (Å²) in [6.07, 6.45) is 0. The van der Waals surface area contributed by atoms with Crippen LogP contribution in [0, 0.1) is 0 Å². The average molecular weight is 497 g/mol. The number of nitrogens with zero attached hydrogens (tertiary/aromatic N) is 2. The Bertz CT molecular complexity index is 1370. The fourth-order valence-corrected chi connectivity index (χ4v) is 4.82. The Balaban J connectivity index is 1.30. The van der Waals surface area contributed by atoms with Gasteiger partial charge in [-0.05, 0) is 48.7 Å². The molecule has 1 aliphatic heterocycles. The van der Waals surface area contributed by atoms with Crippen LogP contribution in [0.25, 0.3) is 10.8 Å². The number of fused-ring (bicyclic) bond motifs is 1. The molecule has 4 aromatic carbocycles. The van der Waals surface area contributed by atoms with Gasteiger partial charge in [0.25, 0.3) is 5.91 Å². The predicted octanol–water partition coefficient (Wildman–Crippen LogP) is 5.79. The summed E-state index contributed by atoms with van der Waals surface area (Å²) in [5.74, 6) is 2.42. The smallest absolute Gasteiger partial charge is 0.253 e. The zero-order valence-electron chi connectivity index (χ0n) is 21.4. The number of benzene rings is 4. The molecule has 0 atom stereocenters. The highest BCUT2D eigenvalue weighted by atomic mass is 16.5. The molecule has 190 valence electrons. The van der Waals surface area contributed by atoms with Crippen LogP contribution in [0.1, 0.15) is 22.8 Å². The molecule has 5 rings (SSSR count). The number of piperazine rings is 1. The Kier molecular flexibility index (Phi) is 7.45. The second kappa shape index (κ2) is 11.2. The topological polar surface area (TPSA) is 51.2 Å². The molecule has 0 bridgehead atoms. The van der Waals surface area contributed by atoms with E-state index in [9.17, 15) is 4.79 Å². The molecule has 6 heteroatoms. The lowest BCUT2D eigenvalue weighted by Gasteiger charge is -2.36. The second-order valence-corrected chi connectivity index (χ2v) is 8.97. The van der Waals surface area contributed by atoms with E-state index in [0.717, 1.165) is 52.4 Å². The van der Waals surface area contributed by atoms with Gasteiger partial charge < -0.3 is 24.0 Å². The van der Waals surface area contributed by atoms with E-state index in [0.29, 0.717) is 31.9 Å². The largest absolute Gasteiger partial charge is 0.495 e. The molecule has 0 spiro atoms. The maximum Gasteiger partial charge on any atom is 0.253 e. The van der Waals surface area contributed by atoms with Crippen LogP contribution in [0.2, 0.25) is 0 Å². The monoisotopic (exact) mass is 496 g/mol. The fraction of sp³-hybridized carbons (Fsp3) is 0.258. The van der Waals surface area contributed by atoms with Gasteiger partial charge in [0.1, 0.15) is 23.9 Å². The Labute approximate surface area is 218 Å². The van der Waals surface area contributed by atoms with Crippen LogP contribution in [0.15, 0.2) is 84.9 Å². The SMILES string of the molecule is CCOc1ccc(C(=O)N2CCN(c3ccccc3OC)CC2)cc1COc1cccc2ccccc12. The molecule has 1 amide bonds. The molecule has 6 nitrogen and oxygen atoms in total. The minimum Gasteiger partial charge on any atom is -0.495 e. The van der Waals surface area contributed by atoms with Crippen molar-refractivity contribution in [3.63, 3.8) is 0 Å². The van der Waals surface area contributed by atoms with Gasteiger partial charge >= 0.3 is 0 Å². The molecule has 1 heterocycles. The van der Waals surface area contributed by atoms with Crippen molar-refractivity contribution in [2.75, 3.05) is 44.8 Å². The van der Waals surface area contributed by atoms with Crippen LogP contribution in [-0.4, -0.2) is 50.7 Å². The number of rotatable bonds is 8. The number of carbonyl (C=O) groups is 1. The lowest BCUT2D eigenvalue weighted by atomic mass is 10.1. The summed E-state index contributed by atoms with van der Waals surface area (Å²) in [6, 6.07) is 27.8. The number of anilines is 1. The predicted molar refractivity (Wildman–Crippen MR) is 147 cm³/mol. The van der Waals surface area contributed by atoms with Crippen LogP contribution in [0.3, 0.4) is 0 Å². The summed E-state index contributed by atoms with van der Waals surface area (Å²) in [6.45, 7) is 5.60. The molecular weight excluding hydrogens is 464 g/mol. The van der Waals surface area contributed by atoms with Crippen molar-refractivity contribution in [2.24, 2.45) is 0 Å². The Morgan fingerprint density at radius 2 is 1.51 bits per heavy atom. The molecule has 4 aromatic rings. The molecule has 0 aromatic heterocycles. The third kappa shape index (κ3) is 5.33. The first-order valence-corrected chi connectivity index (χ1v) is 12.7. The highest BCUT2D eigenvalue weighted by Gasteiger charge is 2.24. The summed E-state index contributed by atoms with van der Waals surface area (Å²) in [4.78, 5) is 17.6. The third-order valence-corrected chi connectivity index (χ3v) is 6.73. The van der Waals surface area contributed by atoms with Crippen LogP contribution in [0.4, 0.5) is 5.69 Å². The van der Waals surface area contributed by atoms with E-state index in [2.05, 4.69) is 29.2 Å². The van der Waals surface area contributed by atoms with E-state index in [1.807, 2.05) is 72.5 Å². The summed E-state index contributed by atoms with van der Waals surface area (Å²) in [5.41, 5.74) is 2.56. The van der Waals surface area contributed by atoms with Gasteiger partial charge in [-0.15, -0.1) is 0 Å². The second-order valence-electron chi connectivity index (χ2n) is 8.97. The van der Waals surface area contributed by atoms with Crippen LogP contribution >= 0.6 is 0 Å². The highest BCUT2D eigenvalue weighted by Crippen LogP contribution is 2.30. The lowest BCUT2D eigenvalue weighted by molar-refractivity contribution is 0.0746. The molecular formula is C31H32N2O4. The van der Waals surface area contributed by atoms with Crippen molar-refractivity contribution in [1.82, 2.24) is 4.90 Å². The van der Waals surface area contributed by atoms with Gasteiger partial charge in [0.15, 0.2) is 0 Å². The van der Waals surface area contributed by atoms with Crippen molar-refractivity contribution in [3.8, 4) is 17.2 Å². The fourth-order valence-electron chi connectivity index (χ4n) is 4.82. The first-order chi connectivity index (χ1) is 18.2. The van der Waals surface area contributed by atoms with Crippen molar-refractivity contribution >= 4 is 22.4 Å². The third-order valence-electron chi connectivity index (χ3n) is 6.73. The molecule has 1 fully saturated rings. The minimum atomic E-state index is 0.0223. The van der Waals surface area contributed by atoms with Crippen LogP contribution < -0.4 is 19.1 Å². The zero-order valence-corrected chi connectivity index (χ0v) is 21.4. The van der Waals surface area contributed by atoms with Gasteiger partial charge in [-0.3, -0.25) is 4.79 Å². The van der Waals surface area contributed by atoms with Crippen molar-refractivity contribution in [1.29, 1.82) is 0 Å². The van der Waals surface area contributed by atoms with Crippen molar-refractivity contribution < 1.29 is 19.0 Å². The Morgan fingerprint density at radius 1 is 0.784 bits per heavy atom. The highest BCUT2D eigenvalue weighted by molar-refractivity contribution is 5.95. The summed E-state index contributed by atoms with van der Waals surface area (Å²) in [7, 11) is 1.69. The molecule has 37 heavy (non-hydrogen) atoms. The van der Waals surface area contributed by atoms with E-state index in [-0.39, 0.29) is 5.91 Å². The minimum absolute atomic E-state index is 0.0223. The first kappa shape index (κ1) is 24.5. The van der Waals surface area contributed by atoms with Crippen LogP contribution in [0.5, 0.6) is 17.2 Å². The molecule has 0 unspecified atom stereocenters. The molecule has 0 aliphatic carbocycles. The zero-order chi connectivity index (χ0) is 25.6. The molecule has 1 saturated heterocycles. The van der Waals surface area contributed by atoms with Gasteiger partial charge in [-0.1, -0.05) is 48.5 Å². The van der Waals surface area contributed by atoms with E-state index >= 15 is 0 Å². The Hall–Kier alpha value is -4.19. The summed E-state index contributed by atoms with van der Waals surface area (Å²) in [5, 5.41) is 2.18. The van der Waals surface area contributed by atoms with Crippen molar-refractivity contribution in [3.05, 3.63) is 96.1 Å². The number of amides is 1. The van der Waals surface area contributed by atoms with E-state index in [1.54, 1.807) is 7.11 Å². The first-order valence-electron chi connectivity index (χ1n) is 12.7. The quantitative estimate of drug-likeness (QED) is 0.309. The average Bonchev–Trinajstić information content (AvgIpc) is 2.96. The van der Waals surface area contributed by atoms with Crippen LogP contribution in [-0.2, 0) is 6.61 Å². The normalized spacial score (nSPS) is 13.5. The number of carbonyl (C=O) groups excluding carboxylic acids is 1. The number of ether oxygens (including phenoxy) is 3. The maximum atomic E-state index is 13.4. The molecule has 0 saturated carbocycles. The Morgan fingerprint density at radius 3 is 2.32 bits per heavy atom. The van der Waals surface area contributed by atoms with Crippen molar-refractivity contribution in [2.45, 2.75) is 13.5 Å². The lowest BCUT2D eigenvalue weighted by Crippen LogP contribution is -2.48. The van der Waals surface area contributed by atoms with Gasteiger partial charge in [-0.25, -0.2) is 0 Å². The standard InChI is InChI=1S/C31H32N2O4/c1-3-36-28-16-15-24(21-25(28)22-37-29-14-8-10-23-9-4-5-11-26(23)29)31(34)33-19-17-32(18-20-33)27-12-6-7-13-30(27)35-2/h4-16,21H,3,17-20,22H2,1-2H3. The number of hydrogen-bond acceptors (Lipinski definition) is 5. The molecule has 0 N–H and O–H groups in total. The number of methoxy groups -OCH3 is 1. The molecule has 0 radical (unpaired) electrons. The number of para-hydroxylation sites is 2. The van der Waals surface area contributed by atoms with E-state index in [4.69, 9.17) is 14.2 Å². The van der Waals surface area contributed by atoms with Gasteiger partial charge in [0.2, 0.25) is 0 Å². The maximum absolute atomic E-state index is 13.4. The van der Waals surface area contributed by atoms with E-state index < -0.39 is 0 Å². The van der Waals surface area contributed by atoms with Gasteiger partial charge in [-0.2, -0.15) is 0 Å². The summed E-state index contributed by atoms with van der Waals surface area (Å²) >= 11 is 0. The van der Waals surface area contributed by atoms with Gasteiger partial charge in [0.05, 0.1) is 19.4 Å². The summed E-state index contributed by atoms with van der Waals surface area (Å²) < 4.78 is 17.6. The number of hydrogen-bond donors (Lipinski definition) is 0. The van der Waals surface area contributed by atoms with Gasteiger partial charge in [0, 0.05) is 42.7 Å². The van der Waals surface area contributed by atoms with E-state index in [1.165, 1.54) is 0 Å². The molecule has 1 aliphatic rings.